The predicted molar refractivity (Wildman–Crippen MR) is 144 cm³/mol. The number of carbonyl (C=O) groups excluding carboxylic acids is 1. The van der Waals surface area contributed by atoms with Gasteiger partial charge in [0.2, 0.25) is 10.0 Å². The highest BCUT2D eigenvalue weighted by Crippen LogP contribution is 2.41. The van der Waals surface area contributed by atoms with Gasteiger partial charge in [0.1, 0.15) is 17.5 Å². The van der Waals surface area contributed by atoms with E-state index >= 15 is 0 Å². The largest absolute Gasteiger partial charge is 0.485 e. The Kier molecular flexibility index (Phi) is 6.89. The molecule has 0 spiro atoms. The Labute approximate surface area is 223 Å². The molecule has 38 heavy (non-hydrogen) atoms. The molecule has 1 amide bonds. The van der Waals surface area contributed by atoms with Crippen LogP contribution in [-0.4, -0.2) is 67.2 Å². The molecule has 2 aromatic carbocycles. The molecule has 2 N–H and O–H groups in total. The third kappa shape index (κ3) is 5.11. The summed E-state index contributed by atoms with van der Waals surface area (Å²) in [7, 11) is -3.97. The summed E-state index contributed by atoms with van der Waals surface area (Å²) in [6, 6.07) is 14.5. The summed E-state index contributed by atoms with van der Waals surface area (Å²) >= 11 is 0. The maximum atomic E-state index is 13.4. The molecule has 1 saturated heterocycles. The molecule has 2 aliphatic heterocycles. The molecule has 2 atom stereocenters. The van der Waals surface area contributed by atoms with Crippen LogP contribution in [0.1, 0.15) is 41.4 Å². The number of nitrogens with one attached hydrogen (secondary N) is 1. The number of nitrogens with zero attached hydrogens (tertiary/aromatic N) is 3. The van der Waals surface area contributed by atoms with Crippen molar-refractivity contribution < 1.29 is 23.1 Å². The summed E-state index contributed by atoms with van der Waals surface area (Å²) in [6.45, 7) is 7.70. The van der Waals surface area contributed by atoms with Gasteiger partial charge in [0, 0.05) is 55.4 Å². The predicted octanol–water partition coefficient (Wildman–Crippen LogP) is 2.90. The van der Waals surface area contributed by atoms with E-state index in [2.05, 4.69) is 14.6 Å². The Morgan fingerprint density at radius 2 is 1.76 bits per heavy atom. The number of rotatable bonds is 5. The lowest BCUT2D eigenvalue weighted by Crippen LogP contribution is -2.53. The lowest BCUT2D eigenvalue weighted by atomic mass is 9.86. The number of hydrogen-bond donors (Lipinski definition) is 2. The number of pyridine rings is 1. The molecule has 10 heteroatoms. The number of amides is 1. The van der Waals surface area contributed by atoms with Crippen molar-refractivity contribution in [3.63, 3.8) is 0 Å². The second kappa shape index (κ2) is 10.0. The van der Waals surface area contributed by atoms with Crippen LogP contribution in [0.15, 0.2) is 71.9 Å². The van der Waals surface area contributed by atoms with Crippen molar-refractivity contribution >= 4 is 21.6 Å². The highest BCUT2D eigenvalue weighted by molar-refractivity contribution is 7.89. The number of aliphatic hydroxyl groups is 1. The van der Waals surface area contributed by atoms with Crippen LogP contribution >= 0.6 is 0 Å². The summed E-state index contributed by atoms with van der Waals surface area (Å²) < 4.78 is 35.3. The van der Waals surface area contributed by atoms with Crippen LogP contribution in [0.4, 0.5) is 5.69 Å². The van der Waals surface area contributed by atoms with Crippen LogP contribution in [0.25, 0.3) is 0 Å². The van der Waals surface area contributed by atoms with Gasteiger partial charge in [-0.05, 0) is 68.8 Å². The minimum absolute atomic E-state index is 0.106. The number of aliphatic hydroxyl groups excluding tert-OH is 1. The van der Waals surface area contributed by atoms with Crippen molar-refractivity contribution in [2.24, 2.45) is 0 Å². The zero-order valence-electron chi connectivity index (χ0n) is 21.7. The molecule has 5 rings (SSSR count). The summed E-state index contributed by atoms with van der Waals surface area (Å²) in [6.07, 6.45) is 2.31. The van der Waals surface area contributed by atoms with Crippen LogP contribution in [0.2, 0.25) is 0 Å². The molecular weight excluding hydrogens is 504 g/mol. The van der Waals surface area contributed by atoms with Gasteiger partial charge in [-0.1, -0.05) is 12.1 Å². The third-order valence-electron chi connectivity index (χ3n) is 7.17. The average molecular weight is 537 g/mol. The lowest BCUT2D eigenvalue weighted by Gasteiger charge is -2.42. The van der Waals surface area contributed by atoms with E-state index in [1.54, 1.807) is 61.5 Å². The summed E-state index contributed by atoms with van der Waals surface area (Å²) in [5.41, 5.74) is 1.66. The SMILES string of the molecule is Cc1cccc(S(=O)(=O)N[C@@H]2c3cc(C(=O)N4CCN(c5ccncc5)CC4)ccc3OC(C)(C)[C@H]2O)c1. The van der Waals surface area contributed by atoms with Gasteiger partial charge in [0.25, 0.3) is 5.91 Å². The Hall–Kier alpha value is -3.47. The smallest absolute Gasteiger partial charge is 0.253 e. The van der Waals surface area contributed by atoms with Gasteiger partial charge in [-0.3, -0.25) is 9.78 Å². The van der Waals surface area contributed by atoms with Crippen molar-refractivity contribution in [1.82, 2.24) is 14.6 Å². The highest BCUT2D eigenvalue weighted by atomic mass is 32.2. The van der Waals surface area contributed by atoms with Gasteiger partial charge in [-0.2, -0.15) is 0 Å². The molecule has 3 heterocycles. The number of hydrogen-bond acceptors (Lipinski definition) is 7. The molecule has 0 unspecified atom stereocenters. The molecule has 0 saturated carbocycles. The molecular formula is C28H32N4O5S. The minimum atomic E-state index is -3.97. The van der Waals surface area contributed by atoms with Crippen LogP contribution in [0.5, 0.6) is 5.75 Å². The molecule has 2 aliphatic rings. The topological polar surface area (TPSA) is 112 Å². The van der Waals surface area contributed by atoms with E-state index in [1.807, 2.05) is 25.1 Å². The van der Waals surface area contributed by atoms with Gasteiger partial charge >= 0.3 is 0 Å². The number of carbonyl (C=O) groups is 1. The fraction of sp³-hybridized carbons (Fsp3) is 0.357. The monoisotopic (exact) mass is 536 g/mol. The number of benzene rings is 2. The van der Waals surface area contributed by atoms with E-state index in [0.717, 1.165) is 11.3 Å². The number of fused-ring (bicyclic) bond motifs is 1. The first-order chi connectivity index (χ1) is 18.0. The number of sulfonamides is 1. The minimum Gasteiger partial charge on any atom is -0.485 e. The standard InChI is InChI=1S/C28H32N4O5S/c1-19-5-4-6-22(17-19)38(35,36)30-25-23-18-20(7-8-24(23)37-28(2,3)26(25)33)27(34)32-15-13-31(14-16-32)21-9-11-29-12-10-21/h4-12,17-18,25-26,30,33H,13-16H2,1-3H3/t25-,26+/m1/s1. The van der Waals surface area contributed by atoms with Gasteiger partial charge in [-0.25, -0.2) is 13.1 Å². The van der Waals surface area contributed by atoms with Crippen molar-refractivity contribution in [3.05, 3.63) is 83.7 Å². The van der Waals surface area contributed by atoms with Gasteiger partial charge in [0.15, 0.2) is 0 Å². The van der Waals surface area contributed by atoms with E-state index in [9.17, 15) is 18.3 Å². The van der Waals surface area contributed by atoms with Gasteiger partial charge in [-0.15, -0.1) is 0 Å². The van der Waals surface area contributed by atoms with Gasteiger partial charge < -0.3 is 19.6 Å². The van der Waals surface area contributed by atoms with E-state index in [1.165, 1.54) is 6.07 Å². The molecule has 0 aliphatic carbocycles. The van der Waals surface area contributed by atoms with Crippen LogP contribution in [0, 0.1) is 6.92 Å². The molecule has 0 radical (unpaired) electrons. The zero-order chi connectivity index (χ0) is 27.1. The first-order valence-corrected chi connectivity index (χ1v) is 14.1. The third-order valence-corrected chi connectivity index (χ3v) is 8.61. The van der Waals surface area contributed by atoms with E-state index in [4.69, 9.17) is 4.74 Å². The summed E-state index contributed by atoms with van der Waals surface area (Å²) in [5, 5.41) is 11.2. The van der Waals surface area contributed by atoms with Crippen molar-refractivity contribution in [3.8, 4) is 5.75 Å². The molecule has 200 valence electrons. The first kappa shape index (κ1) is 26.1. The lowest BCUT2D eigenvalue weighted by molar-refractivity contribution is -0.0603. The van der Waals surface area contributed by atoms with E-state index in [0.29, 0.717) is 43.1 Å². The quantitative estimate of drug-likeness (QED) is 0.516. The maximum Gasteiger partial charge on any atom is 0.253 e. The average Bonchev–Trinajstić information content (AvgIpc) is 2.91. The Bertz CT molecular complexity index is 1440. The molecule has 1 aromatic heterocycles. The first-order valence-electron chi connectivity index (χ1n) is 12.6. The number of aryl methyl sites for hydroxylation is 1. The van der Waals surface area contributed by atoms with Gasteiger partial charge in [0.05, 0.1) is 10.9 Å². The molecule has 3 aromatic rings. The Balaban J connectivity index is 1.40. The van der Waals surface area contributed by atoms with Crippen LogP contribution < -0.4 is 14.4 Å². The normalized spacial score (nSPS) is 20.9. The number of aromatic nitrogens is 1. The van der Waals surface area contributed by atoms with Crippen LogP contribution in [0.3, 0.4) is 0 Å². The Morgan fingerprint density at radius 3 is 2.45 bits per heavy atom. The van der Waals surface area contributed by atoms with Crippen LogP contribution in [-0.2, 0) is 10.0 Å². The van der Waals surface area contributed by atoms with E-state index < -0.39 is 27.8 Å². The molecule has 9 nitrogen and oxygen atoms in total. The molecule has 1 fully saturated rings. The number of ether oxygens (including phenoxy) is 1. The summed E-state index contributed by atoms with van der Waals surface area (Å²) in [5.74, 6) is 0.276. The second-order valence-corrected chi connectivity index (χ2v) is 12.0. The van der Waals surface area contributed by atoms with Crippen molar-refractivity contribution in [2.75, 3.05) is 31.1 Å². The fourth-order valence-corrected chi connectivity index (χ4v) is 6.31. The number of anilines is 1. The Morgan fingerprint density at radius 1 is 1.05 bits per heavy atom. The number of piperazine rings is 1. The zero-order valence-corrected chi connectivity index (χ0v) is 22.5. The van der Waals surface area contributed by atoms with E-state index in [-0.39, 0.29) is 10.8 Å². The second-order valence-electron chi connectivity index (χ2n) is 10.3. The van der Waals surface area contributed by atoms with Crippen molar-refractivity contribution in [1.29, 1.82) is 0 Å². The molecule has 0 bridgehead atoms. The van der Waals surface area contributed by atoms with Crippen molar-refractivity contribution in [2.45, 2.75) is 43.4 Å². The highest BCUT2D eigenvalue weighted by Gasteiger charge is 2.45. The summed E-state index contributed by atoms with van der Waals surface area (Å²) in [4.78, 5) is 21.6. The maximum absolute atomic E-state index is 13.4. The fourth-order valence-electron chi connectivity index (χ4n) is 4.98.